The Balaban J connectivity index is 1.11. The fourth-order valence-corrected chi connectivity index (χ4v) is 5.01. The van der Waals surface area contributed by atoms with E-state index in [2.05, 4.69) is 34.7 Å². The molecular formula is C24H22Cl2N6O4. The highest BCUT2D eigenvalue weighted by atomic mass is 35.5. The first-order valence-corrected chi connectivity index (χ1v) is 12.5. The zero-order valence-corrected chi connectivity index (χ0v) is 20.6. The van der Waals surface area contributed by atoms with Crippen LogP contribution in [0.15, 0.2) is 44.4 Å². The number of hydrogen-bond donors (Lipinski definition) is 1. The summed E-state index contributed by atoms with van der Waals surface area (Å²) < 4.78 is 16.6. The van der Waals surface area contributed by atoms with Crippen molar-refractivity contribution in [2.45, 2.75) is 44.3 Å². The minimum atomic E-state index is -0.617. The van der Waals surface area contributed by atoms with Gasteiger partial charge in [0.15, 0.2) is 5.82 Å². The average Bonchev–Trinajstić information content (AvgIpc) is 3.51. The number of H-pyrrole nitrogens is 1. The van der Waals surface area contributed by atoms with Crippen LogP contribution >= 0.6 is 23.2 Å². The molecular weight excluding hydrogens is 507 g/mol. The van der Waals surface area contributed by atoms with Crippen molar-refractivity contribution in [1.29, 1.82) is 0 Å². The zero-order chi connectivity index (χ0) is 24.6. The van der Waals surface area contributed by atoms with Crippen LogP contribution in [0.3, 0.4) is 0 Å². The maximum atomic E-state index is 11.1. The van der Waals surface area contributed by atoms with Gasteiger partial charge in [-0.05, 0) is 37.8 Å². The first-order valence-electron chi connectivity index (χ1n) is 11.7. The Morgan fingerprint density at radius 2 is 1.75 bits per heavy atom. The molecule has 2 fully saturated rings. The van der Waals surface area contributed by atoms with E-state index in [-0.39, 0.29) is 6.10 Å². The molecule has 10 nitrogen and oxygen atoms in total. The van der Waals surface area contributed by atoms with Crippen molar-refractivity contribution >= 4 is 29.2 Å². The Morgan fingerprint density at radius 1 is 1.03 bits per heavy atom. The van der Waals surface area contributed by atoms with E-state index in [1.807, 2.05) is 6.07 Å². The molecule has 6 rings (SSSR count). The summed E-state index contributed by atoms with van der Waals surface area (Å²) in [6, 6.07) is 5.41. The number of ether oxygens (including phenoxy) is 1. The molecule has 12 heteroatoms. The van der Waals surface area contributed by atoms with E-state index in [1.165, 1.54) is 0 Å². The Bertz CT molecular complexity index is 1400. The highest BCUT2D eigenvalue weighted by Crippen LogP contribution is 2.46. The fourth-order valence-electron chi connectivity index (χ4n) is 4.43. The quantitative estimate of drug-likeness (QED) is 0.358. The van der Waals surface area contributed by atoms with Gasteiger partial charge in [0, 0.05) is 42.5 Å². The van der Waals surface area contributed by atoms with E-state index in [0.29, 0.717) is 51.2 Å². The van der Waals surface area contributed by atoms with Gasteiger partial charge in [0.25, 0.3) is 0 Å². The van der Waals surface area contributed by atoms with Crippen LogP contribution in [0.1, 0.15) is 42.9 Å². The second-order valence-corrected chi connectivity index (χ2v) is 9.77. The number of benzene rings is 1. The summed E-state index contributed by atoms with van der Waals surface area (Å²) in [6.45, 7) is 1.90. The lowest BCUT2D eigenvalue weighted by atomic mass is 10.0. The smallest absolute Gasteiger partial charge is 0.373 e. The van der Waals surface area contributed by atoms with E-state index in [4.69, 9.17) is 32.5 Å². The normalized spacial score (nSPS) is 16.6. The van der Waals surface area contributed by atoms with Gasteiger partial charge in [-0.15, -0.1) is 0 Å². The molecule has 4 heterocycles. The number of halogens is 2. The number of aromatic nitrogens is 5. The maximum Gasteiger partial charge on any atom is 0.439 e. The molecule has 186 valence electrons. The standard InChI is InChI=1S/C24H22Cl2N6O4/c25-17-2-1-3-18(26)19(17)20-16(21(35-30-20)13-4-5-13)12-34-15-6-8-32(9-7-15)23-27-10-14(11-28-23)22-29-24(33)36-31-22/h1-3,10-11,13,15H,4-9,12H2,(H,29,31,33). The van der Waals surface area contributed by atoms with Crippen LogP contribution in [-0.2, 0) is 11.3 Å². The molecule has 1 aliphatic heterocycles. The van der Waals surface area contributed by atoms with Gasteiger partial charge >= 0.3 is 5.76 Å². The van der Waals surface area contributed by atoms with Gasteiger partial charge in [0.1, 0.15) is 11.5 Å². The Labute approximate surface area is 215 Å². The second kappa shape index (κ2) is 9.68. The highest BCUT2D eigenvalue weighted by Gasteiger charge is 2.34. The summed E-state index contributed by atoms with van der Waals surface area (Å²) >= 11 is 12.9. The summed E-state index contributed by atoms with van der Waals surface area (Å²) in [4.78, 5) is 24.6. The van der Waals surface area contributed by atoms with Gasteiger partial charge in [-0.25, -0.2) is 14.8 Å². The lowest BCUT2D eigenvalue weighted by Crippen LogP contribution is -2.38. The molecule has 0 atom stereocenters. The van der Waals surface area contributed by atoms with Gasteiger partial charge in [-0.1, -0.05) is 39.6 Å². The number of rotatable bonds is 7. The molecule has 0 unspecified atom stereocenters. The van der Waals surface area contributed by atoms with E-state index in [1.54, 1.807) is 24.5 Å². The minimum absolute atomic E-state index is 0.0808. The van der Waals surface area contributed by atoms with Crippen molar-refractivity contribution in [2.75, 3.05) is 18.0 Å². The second-order valence-electron chi connectivity index (χ2n) is 8.96. The van der Waals surface area contributed by atoms with Gasteiger partial charge < -0.3 is 14.2 Å². The molecule has 36 heavy (non-hydrogen) atoms. The summed E-state index contributed by atoms with van der Waals surface area (Å²) in [5, 5.41) is 9.06. The van der Waals surface area contributed by atoms with Gasteiger partial charge in [-0.3, -0.25) is 9.51 Å². The van der Waals surface area contributed by atoms with Crippen molar-refractivity contribution < 1.29 is 13.8 Å². The molecule has 1 aliphatic carbocycles. The molecule has 1 aromatic carbocycles. The fraction of sp³-hybridized carbons (Fsp3) is 0.375. The summed E-state index contributed by atoms with van der Waals surface area (Å²) in [6.07, 6.45) is 7.14. The summed E-state index contributed by atoms with van der Waals surface area (Å²) in [5.41, 5.74) is 2.85. The summed E-state index contributed by atoms with van der Waals surface area (Å²) in [5.74, 6) is 1.56. The van der Waals surface area contributed by atoms with E-state index < -0.39 is 5.76 Å². The van der Waals surface area contributed by atoms with Crippen molar-refractivity contribution in [2.24, 2.45) is 0 Å². The average molecular weight is 529 g/mol. The number of piperidine rings is 1. The van der Waals surface area contributed by atoms with Gasteiger partial charge in [0.05, 0.1) is 28.3 Å². The topological polar surface area (TPSA) is 123 Å². The zero-order valence-electron chi connectivity index (χ0n) is 19.1. The van der Waals surface area contributed by atoms with Crippen LogP contribution < -0.4 is 10.7 Å². The minimum Gasteiger partial charge on any atom is -0.373 e. The van der Waals surface area contributed by atoms with Crippen molar-refractivity contribution in [3.05, 3.63) is 62.5 Å². The lowest BCUT2D eigenvalue weighted by Gasteiger charge is -2.31. The number of aromatic amines is 1. The maximum absolute atomic E-state index is 11.1. The largest absolute Gasteiger partial charge is 0.439 e. The van der Waals surface area contributed by atoms with E-state index in [9.17, 15) is 4.79 Å². The first-order chi connectivity index (χ1) is 17.6. The monoisotopic (exact) mass is 528 g/mol. The number of anilines is 1. The molecule has 1 saturated carbocycles. The highest BCUT2D eigenvalue weighted by molar-refractivity contribution is 6.39. The third-order valence-electron chi connectivity index (χ3n) is 6.51. The number of nitrogens with one attached hydrogen (secondary N) is 1. The van der Waals surface area contributed by atoms with Crippen molar-refractivity contribution in [1.82, 2.24) is 25.3 Å². The first kappa shape index (κ1) is 23.2. The lowest BCUT2D eigenvalue weighted by molar-refractivity contribution is 0.0245. The number of nitrogens with zero attached hydrogens (tertiary/aromatic N) is 5. The van der Waals surface area contributed by atoms with Gasteiger partial charge in [-0.2, -0.15) is 0 Å². The molecule has 0 spiro atoms. The van der Waals surface area contributed by atoms with Crippen LogP contribution in [0, 0.1) is 0 Å². The molecule has 3 aromatic heterocycles. The molecule has 0 radical (unpaired) electrons. The van der Waals surface area contributed by atoms with E-state index >= 15 is 0 Å². The Hall–Kier alpha value is -3.21. The molecule has 0 bridgehead atoms. The molecule has 0 amide bonds. The molecule has 1 N–H and O–H groups in total. The van der Waals surface area contributed by atoms with Crippen LogP contribution in [-0.4, -0.2) is 44.5 Å². The molecule has 2 aliphatic rings. The molecule has 4 aromatic rings. The predicted molar refractivity (Wildman–Crippen MR) is 132 cm³/mol. The van der Waals surface area contributed by atoms with Crippen LogP contribution in [0.5, 0.6) is 0 Å². The predicted octanol–water partition coefficient (Wildman–Crippen LogP) is 4.84. The third-order valence-corrected chi connectivity index (χ3v) is 7.14. The number of hydrogen-bond acceptors (Lipinski definition) is 9. The van der Waals surface area contributed by atoms with Crippen LogP contribution in [0.4, 0.5) is 5.95 Å². The van der Waals surface area contributed by atoms with Crippen LogP contribution in [0.2, 0.25) is 10.0 Å². The van der Waals surface area contributed by atoms with Crippen molar-refractivity contribution in [3.8, 4) is 22.6 Å². The van der Waals surface area contributed by atoms with Crippen molar-refractivity contribution in [3.63, 3.8) is 0 Å². The third kappa shape index (κ3) is 4.63. The Kier molecular flexibility index (Phi) is 6.24. The Morgan fingerprint density at radius 3 is 2.39 bits per heavy atom. The summed E-state index contributed by atoms with van der Waals surface area (Å²) in [7, 11) is 0. The molecule has 1 saturated heterocycles. The van der Waals surface area contributed by atoms with Gasteiger partial charge in [0.2, 0.25) is 5.95 Å². The SMILES string of the molecule is O=c1[nH]c(-c2cnc(N3CCC(OCc4c(-c5c(Cl)cccc5Cl)noc4C4CC4)CC3)nc2)no1. The van der Waals surface area contributed by atoms with E-state index in [0.717, 1.165) is 50.1 Å². The van der Waals surface area contributed by atoms with Crippen LogP contribution in [0.25, 0.3) is 22.6 Å².